The highest BCUT2D eigenvalue weighted by molar-refractivity contribution is 5.98. The lowest BCUT2D eigenvalue weighted by molar-refractivity contribution is -0.384. The minimum absolute atomic E-state index is 0.0227. The van der Waals surface area contributed by atoms with Gasteiger partial charge in [-0.3, -0.25) is 14.9 Å². The van der Waals surface area contributed by atoms with E-state index < -0.39 is 4.92 Å². The van der Waals surface area contributed by atoms with E-state index in [2.05, 4.69) is 5.32 Å². The summed E-state index contributed by atoms with van der Waals surface area (Å²) in [7, 11) is 0. The summed E-state index contributed by atoms with van der Waals surface area (Å²) in [6, 6.07) is 16.4. The van der Waals surface area contributed by atoms with Gasteiger partial charge in [0.05, 0.1) is 4.92 Å². The van der Waals surface area contributed by atoms with Crippen LogP contribution >= 0.6 is 0 Å². The molecule has 27 heavy (non-hydrogen) atoms. The molecule has 0 radical (unpaired) electrons. The van der Waals surface area contributed by atoms with Gasteiger partial charge in [-0.1, -0.05) is 42.5 Å². The SMILES string of the molecule is O=C1C2=C(CCCC2)C(Nc2ccccc2[N+](=O)[O-])N1Cc1ccccc1. The second kappa shape index (κ2) is 7.23. The lowest BCUT2D eigenvalue weighted by atomic mass is 9.92. The predicted octanol–water partition coefficient (Wildman–Crippen LogP) is 4.25. The number of amides is 1. The largest absolute Gasteiger partial charge is 0.356 e. The molecular weight excluding hydrogens is 342 g/mol. The van der Waals surface area contributed by atoms with Crippen LogP contribution < -0.4 is 5.32 Å². The Morgan fingerprint density at radius 1 is 1.04 bits per heavy atom. The number of hydrogen-bond donors (Lipinski definition) is 1. The summed E-state index contributed by atoms with van der Waals surface area (Å²) in [6.45, 7) is 0.477. The van der Waals surface area contributed by atoms with Crippen LogP contribution in [0.4, 0.5) is 11.4 Å². The van der Waals surface area contributed by atoms with Crippen LogP contribution in [0.3, 0.4) is 0 Å². The third kappa shape index (κ3) is 3.30. The number of benzene rings is 2. The van der Waals surface area contributed by atoms with Crippen LogP contribution in [0.5, 0.6) is 0 Å². The normalized spacial score (nSPS) is 19.2. The summed E-state index contributed by atoms with van der Waals surface area (Å²) in [5.41, 5.74) is 3.47. The summed E-state index contributed by atoms with van der Waals surface area (Å²) in [6.07, 6.45) is 3.36. The molecule has 1 amide bonds. The van der Waals surface area contributed by atoms with Gasteiger partial charge in [-0.2, -0.15) is 0 Å². The number of nitrogens with zero attached hydrogens (tertiary/aromatic N) is 2. The maximum absolute atomic E-state index is 13.1. The van der Waals surface area contributed by atoms with Crippen molar-refractivity contribution in [1.82, 2.24) is 4.90 Å². The highest BCUT2D eigenvalue weighted by Gasteiger charge is 2.40. The third-order valence-corrected chi connectivity index (χ3v) is 5.26. The molecule has 2 aromatic rings. The molecule has 1 heterocycles. The summed E-state index contributed by atoms with van der Waals surface area (Å²) in [5.74, 6) is 0.0460. The third-order valence-electron chi connectivity index (χ3n) is 5.26. The molecular formula is C21H21N3O3. The van der Waals surface area contributed by atoms with Crippen LogP contribution in [0, 0.1) is 10.1 Å². The Morgan fingerprint density at radius 2 is 1.74 bits per heavy atom. The van der Waals surface area contributed by atoms with Crippen LogP contribution in [0.1, 0.15) is 31.2 Å². The smallest absolute Gasteiger partial charge is 0.292 e. The van der Waals surface area contributed by atoms with E-state index in [1.807, 2.05) is 35.2 Å². The van der Waals surface area contributed by atoms with E-state index in [1.165, 1.54) is 6.07 Å². The van der Waals surface area contributed by atoms with Crippen molar-refractivity contribution in [2.24, 2.45) is 0 Å². The number of carbonyl (C=O) groups is 1. The van der Waals surface area contributed by atoms with E-state index in [-0.39, 0.29) is 17.8 Å². The van der Waals surface area contributed by atoms with Crippen molar-refractivity contribution in [2.45, 2.75) is 38.4 Å². The van der Waals surface area contributed by atoms with Crippen molar-refractivity contribution in [1.29, 1.82) is 0 Å². The molecule has 138 valence electrons. The van der Waals surface area contributed by atoms with Crippen molar-refractivity contribution in [3.05, 3.63) is 81.4 Å². The molecule has 4 rings (SSSR count). The number of nitro groups is 1. The molecule has 0 fully saturated rings. The van der Waals surface area contributed by atoms with Gasteiger partial charge in [-0.25, -0.2) is 0 Å². The van der Waals surface area contributed by atoms with Gasteiger partial charge >= 0.3 is 0 Å². The van der Waals surface area contributed by atoms with E-state index >= 15 is 0 Å². The number of para-hydroxylation sites is 2. The topological polar surface area (TPSA) is 75.5 Å². The Hall–Kier alpha value is -3.15. The van der Waals surface area contributed by atoms with Gasteiger partial charge < -0.3 is 10.2 Å². The molecule has 0 saturated heterocycles. The number of anilines is 1. The zero-order chi connectivity index (χ0) is 18.8. The zero-order valence-corrected chi connectivity index (χ0v) is 14.9. The summed E-state index contributed by atoms with van der Waals surface area (Å²) >= 11 is 0. The molecule has 0 bridgehead atoms. The summed E-state index contributed by atoms with van der Waals surface area (Å²) in [4.78, 5) is 25.9. The molecule has 2 aliphatic rings. The second-order valence-electron chi connectivity index (χ2n) is 6.95. The van der Waals surface area contributed by atoms with Crippen molar-refractivity contribution in [3.8, 4) is 0 Å². The average molecular weight is 363 g/mol. The Bertz CT molecular complexity index is 908. The average Bonchev–Trinajstić information content (AvgIpc) is 2.95. The van der Waals surface area contributed by atoms with Gasteiger partial charge in [-0.15, -0.1) is 0 Å². The van der Waals surface area contributed by atoms with Crippen molar-refractivity contribution < 1.29 is 9.72 Å². The fraction of sp³-hybridized carbons (Fsp3) is 0.286. The Labute approximate surface area is 157 Å². The van der Waals surface area contributed by atoms with Crippen LogP contribution in [0.2, 0.25) is 0 Å². The molecule has 2 aromatic carbocycles. The van der Waals surface area contributed by atoms with Crippen LogP contribution in [-0.2, 0) is 11.3 Å². The standard InChI is InChI=1S/C21H21N3O3/c25-21-17-11-5-4-10-16(17)20(23(21)14-15-8-2-1-3-9-15)22-18-12-6-7-13-19(18)24(26)27/h1-3,6-9,12-13,20,22H,4-5,10-11,14H2. The van der Waals surface area contributed by atoms with Crippen molar-refractivity contribution in [2.75, 3.05) is 5.32 Å². The first kappa shape index (κ1) is 17.3. The molecule has 0 aromatic heterocycles. The Morgan fingerprint density at radius 3 is 2.52 bits per heavy atom. The van der Waals surface area contributed by atoms with Crippen molar-refractivity contribution >= 4 is 17.3 Å². The molecule has 1 aliphatic heterocycles. The number of hydrogen-bond acceptors (Lipinski definition) is 4. The van der Waals surface area contributed by atoms with Gasteiger partial charge in [0.15, 0.2) is 0 Å². The minimum atomic E-state index is -0.392. The zero-order valence-electron chi connectivity index (χ0n) is 14.9. The van der Waals surface area contributed by atoms with E-state index in [0.29, 0.717) is 12.2 Å². The highest BCUT2D eigenvalue weighted by atomic mass is 16.6. The fourth-order valence-corrected chi connectivity index (χ4v) is 3.96. The first-order valence-corrected chi connectivity index (χ1v) is 9.22. The van der Waals surface area contributed by atoms with Gasteiger partial charge in [0.25, 0.3) is 11.6 Å². The maximum atomic E-state index is 13.1. The Kier molecular flexibility index (Phi) is 4.62. The van der Waals surface area contributed by atoms with Crippen LogP contribution in [-0.4, -0.2) is 21.9 Å². The van der Waals surface area contributed by atoms with Gasteiger partial charge in [0.2, 0.25) is 0 Å². The first-order chi connectivity index (χ1) is 13.1. The predicted molar refractivity (Wildman–Crippen MR) is 103 cm³/mol. The Balaban J connectivity index is 1.69. The molecule has 1 N–H and O–H groups in total. The molecule has 1 unspecified atom stereocenters. The molecule has 1 atom stereocenters. The minimum Gasteiger partial charge on any atom is -0.356 e. The molecule has 0 saturated carbocycles. The molecule has 0 spiro atoms. The maximum Gasteiger partial charge on any atom is 0.292 e. The summed E-state index contributed by atoms with van der Waals surface area (Å²) < 4.78 is 0. The number of nitrogens with one attached hydrogen (secondary N) is 1. The number of rotatable bonds is 5. The summed E-state index contributed by atoms with van der Waals surface area (Å²) in [5, 5.41) is 14.7. The van der Waals surface area contributed by atoms with E-state index in [4.69, 9.17) is 0 Å². The lowest BCUT2D eigenvalue weighted by Crippen LogP contribution is -2.40. The quantitative estimate of drug-likeness (QED) is 0.637. The van der Waals surface area contributed by atoms with E-state index in [1.54, 1.807) is 18.2 Å². The van der Waals surface area contributed by atoms with Crippen LogP contribution in [0.25, 0.3) is 0 Å². The molecule has 6 nitrogen and oxygen atoms in total. The number of carbonyl (C=O) groups excluding carboxylic acids is 1. The van der Waals surface area contributed by atoms with Crippen LogP contribution in [0.15, 0.2) is 65.7 Å². The second-order valence-corrected chi connectivity index (χ2v) is 6.95. The van der Waals surface area contributed by atoms with E-state index in [9.17, 15) is 14.9 Å². The highest BCUT2D eigenvalue weighted by Crippen LogP contribution is 2.38. The van der Waals surface area contributed by atoms with Gasteiger partial charge in [-0.05, 0) is 42.9 Å². The lowest BCUT2D eigenvalue weighted by Gasteiger charge is -2.29. The number of nitro benzene ring substituents is 1. The van der Waals surface area contributed by atoms with Gasteiger partial charge in [0.1, 0.15) is 11.9 Å². The monoisotopic (exact) mass is 363 g/mol. The van der Waals surface area contributed by atoms with E-state index in [0.717, 1.165) is 42.4 Å². The molecule has 6 heteroatoms. The molecule has 1 aliphatic carbocycles. The first-order valence-electron chi connectivity index (χ1n) is 9.22. The van der Waals surface area contributed by atoms with Crippen molar-refractivity contribution in [3.63, 3.8) is 0 Å². The van der Waals surface area contributed by atoms with Gasteiger partial charge in [0, 0.05) is 18.2 Å². The fourth-order valence-electron chi connectivity index (χ4n) is 3.96.